The topological polar surface area (TPSA) is 61.3 Å². The molecule has 3 rings (SSSR count). The average Bonchev–Trinajstić information content (AvgIpc) is 2.65. The summed E-state index contributed by atoms with van der Waals surface area (Å²) < 4.78 is 89.7. The first kappa shape index (κ1) is 21.4. The number of alkyl halides is 6. The Labute approximate surface area is 167 Å². The monoisotopic (exact) mass is 426 g/mol. The van der Waals surface area contributed by atoms with E-state index >= 15 is 0 Å². The van der Waals surface area contributed by atoms with Crippen LogP contribution in [0, 0.1) is 0 Å². The number of hydrogen-bond donors (Lipinski definition) is 2. The van der Waals surface area contributed by atoms with Gasteiger partial charge in [0, 0.05) is 11.4 Å². The molecule has 3 aromatic carbocycles. The maximum atomic E-state index is 14.0. The van der Waals surface area contributed by atoms with Gasteiger partial charge in [0.1, 0.15) is 11.5 Å². The van der Waals surface area contributed by atoms with Gasteiger partial charge in [-0.3, -0.25) is 0 Å². The van der Waals surface area contributed by atoms with Crippen molar-refractivity contribution in [1.29, 1.82) is 0 Å². The van der Waals surface area contributed by atoms with Gasteiger partial charge in [-0.15, -0.1) is 0 Å². The molecule has 0 heterocycles. The maximum Gasteiger partial charge on any atom is 0.411 e. The predicted molar refractivity (Wildman–Crippen MR) is 101 cm³/mol. The Balaban J connectivity index is 2.10. The lowest BCUT2D eigenvalue weighted by Gasteiger charge is -2.38. The molecular formula is C21H16F6N2O. The molecule has 3 aromatic rings. The van der Waals surface area contributed by atoms with Crippen LogP contribution in [-0.4, -0.2) is 12.4 Å². The molecule has 0 saturated heterocycles. The van der Waals surface area contributed by atoms with Gasteiger partial charge in [0.05, 0.1) is 0 Å². The van der Waals surface area contributed by atoms with Gasteiger partial charge in [-0.1, -0.05) is 24.3 Å². The third-order valence-electron chi connectivity index (χ3n) is 4.60. The number of anilines is 2. The van der Waals surface area contributed by atoms with Crippen molar-refractivity contribution < 1.29 is 31.1 Å². The summed E-state index contributed by atoms with van der Waals surface area (Å²) in [6, 6.07) is 13.2. The predicted octanol–water partition coefficient (Wildman–Crippen LogP) is 6.05. The molecule has 0 aliphatic heterocycles. The molecule has 0 spiro atoms. The van der Waals surface area contributed by atoms with Crippen molar-refractivity contribution in [3.8, 4) is 11.5 Å². The van der Waals surface area contributed by atoms with Crippen molar-refractivity contribution in [2.24, 2.45) is 0 Å². The second kappa shape index (κ2) is 7.47. The van der Waals surface area contributed by atoms with E-state index in [4.69, 9.17) is 16.2 Å². The van der Waals surface area contributed by atoms with Gasteiger partial charge >= 0.3 is 12.4 Å². The molecule has 158 valence electrons. The summed E-state index contributed by atoms with van der Waals surface area (Å²) in [4.78, 5) is 0. The highest BCUT2D eigenvalue weighted by molar-refractivity contribution is 5.50. The van der Waals surface area contributed by atoms with Crippen molar-refractivity contribution in [2.45, 2.75) is 17.8 Å². The summed E-state index contributed by atoms with van der Waals surface area (Å²) in [7, 11) is 0. The number of halogens is 6. The second-order valence-corrected chi connectivity index (χ2v) is 6.56. The molecule has 0 atom stereocenters. The minimum atomic E-state index is -5.67. The summed E-state index contributed by atoms with van der Waals surface area (Å²) in [5, 5.41) is 0. The van der Waals surface area contributed by atoms with E-state index in [1.165, 1.54) is 12.1 Å². The molecular weight excluding hydrogens is 410 g/mol. The lowest BCUT2D eigenvalue weighted by atomic mass is 9.73. The van der Waals surface area contributed by atoms with E-state index in [-0.39, 0.29) is 11.4 Å². The fourth-order valence-electron chi connectivity index (χ4n) is 3.16. The first-order chi connectivity index (χ1) is 13.9. The van der Waals surface area contributed by atoms with Crippen LogP contribution in [0.2, 0.25) is 0 Å². The second-order valence-electron chi connectivity index (χ2n) is 6.56. The zero-order valence-corrected chi connectivity index (χ0v) is 15.3. The molecule has 9 heteroatoms. The number of benzene rings is 3. The molecule has 0 radical (unpaired) electrons. The number of ether oxygens (including phenoxy) is 1. The number of rotatable bonds is 4. The van der Waals surface area contributed by atoms with Crippen LogP contribution in [0.25, 0.3) is 0 Å². The van der Waals surface area contributed by atoms with E-state index < -0.39 is 28.9 Å². The molecule has 0 aromatic heterocycles. The van der Waals surface area contributed by atoms with Gasteiger partial charge in [0.2, 0.25) is 5.41 Å². The van der Waals surface area contributed by atoms with Gasteiger partial charge in [-0.05, 0) is 59.7 Å². The highest BCUT2D eigenvalue weighted by Gasteiger charge is 2.72. The third-order valence-corrected chi connectivity index (χ3v) is 4.60. The molecule has 0 saturated carbocycles. The van der Waals surface area contributed by atoms with Crippen LogP contribution in [0.1, 0.15) is 11.1 Å². The summed E-state index contributed by atoms with van der Waals surface area (Å²) in [6.07, 6.45) is -11.3. The normalized spacial score (nSPS) is 12.6. The van der Waals surface area contributed by atoms with Crippen molar-refractivity contribution in [3.63, 3.8) is 0 Å². The van der Waals surface area contributed by atoms with E-state index in [9.17, 15) is 26.3 Å². The van der Waals surface area contributed by atoms with E-state index in [0.717, 1.165) is 48.5 Å². The van der Waals surface area contributed by atoms with Crippen molar-refractivity contribution in [1.82, 2.24) is 0 Å². The summed E-state index contributed by atoms with van der Waals surface area (Å²) in [5.74, 6) is 0.396. The summed E-state index contributed by atoms with van der Waals surface area (Å²) in [5.41, 5.74) is 5.32. The zero-order valence-electron chi connectivity index (χ0n) is 15.3. The molecule has 3 nitrogen and oxygen atoms in total. The summed E-state index contributed by atoms with van der Waals surface area (Å²) >= 11 is 0. The van der Waals surface area contributed by atoms with Crippen LogP contribution in [0.5, 0.6) is 11.5 Å². The standard InChI is InChI=1S/C21H16F6N2O/c22-20(23,24)19(21(25,26)27,13-1-5-15(28)6-2-13)14-3-9-17(10-4-14)30-18-11-7-16(29)8-12-18/h1-12H,28-29H2. The van der Waals surface area contributed by atoms with Crippen LogP contribution in [0.3, 0.4) is 0 Å². The third kappa shape index (κ3) is 3.74. The fraction of sp³-hybridized carbons (Fsp3) is 0.143. The minimum absolute atomic E-state index is 0.0456. The molecule has 0 unspecified atom stereocenters. The van der Waals surface area contributed by atoms with E-state index in [1.807, 2.05) is 0 Å². The van der Waals surface area contributed by atoms with Crippen LogP contribution in [-0.2, 0) is 5.41 Å². The SMILES string of the molecule is Nc1ccc(Oc2ccc(C(c3ccc(N)cc3)(C(F)(F)F)C(F)(F)F)cc2)cc1. The Morgan fingerprint density at radius 3 is 1.17 bits per heavy atom. The molecule has 0 aliphatic rings. The van der Waals surface area contributed by atoms with Crippen LogP contribution in [0.4, 0.5) is 37.7 Å². The van der Waals surface area contributed by atoms with Crippen molar-refractivity contribution in [3.05, 3.63) is 83.9 Å². The average molecular weight is 426 g/mol. The fourth-order valence-corrected chi connectivity index (χ4v) is 3.16. The molecule has 0 amide bonds. The largest absolute Gasteiger partial charge is 0.457 e. The Morgan fingerprint density at radius 2 is 0.800 bits per heavy atom. The molecule has 30 heavy (non-hydrogen) atoms. The number of hydrogen-bond acceptors (Lipinski definition) is 3. The van der Waals surface area contributed by atoms with E-state index in [0.29, 0.717) is 11.4 Å². The number of nitrogens with two attached hydrogens (primary N) is 2. The highest BCUT2D eigenvalue weighted by Crippen LogP contribution is 2.56. The van der Waals surface area contributed by atoms with Gasteiger partial charge < -0.3 is 16.2 Å². The molecule has 4 N–H and O–H groups in total. The van der Waals surface area contributed by atoms with E-state index in [2.05, 4.69) is 0 Å². The minimum Gasteiger partial charge on any atom is -0.457 e. The molecule has 0 bridgehead atoms. The Morgan fingerprint density at radius 1 is 0.500 bits per heavy atom. The molecule has 0 aliphatic carbocycles. The lowest BCUT2D eigenvalue weighted by Crippen LogP contribution is -2.54. The first-order valence-corrected chi connectivity index (χ1v) is 8.58. The quantitative estimate of drug-likeness (QED) is 0.394. The van der Waals surface area contributed by atoms with Gasteiger partial charge in [0.25, 0.3) is 0 Å². The number of nitrogen functional groups attached to an aromatic ring is 2. The summed E-state index contributed by atoms with van der Waals surface area (Å²) in [6.45, 7) is 0. The molecule has 0 fully saturated rings. The Kier molecular flexibility index (Phi) is 5.32. The van der Waals surface area contributed by atoms with Crippen LogP contribution >= 0.6 is 0 Å². The Hall–Kier alpha value is -3.36. The van der Waals surface area contributed by atoms with Gasteiger partial charge in [-0.25, -0.2) is 0 Å². The zero-order chi connectivity index (χ0) is 22.2. The highest BCUT2D eigenvalue weighted by atomic mass is 19.4. The smallest absolute Gasteiger partial charge is 0.411 e. The Bertz CT molecular complexity index is 980. The van der Waals surface area contributed by atoms with Gasteiger partial charge in [-0.2, -0.15) is 26.3 Å². The van der Waals surface area contributed by atoms with E-state index in [1.54, 1.807) is 12.1 Å². The van der Waals surface area contributed by atoms with Gasteiger partial charge in [0.15, 0.2) is 0 Å². The van der Waals surface area contributed by atoms with Crippen LogP contribution in [0.15, 0.2) is 72.8 Å². The van der Waals surface area contributed by atoms with Crippen LogP contribution < -0.4 is 16.2 Å². The van der Waals surface area contributed by atoms with Crippen molar-refractivity contribution >= 4 is 11.4 Å². The first-order valence-electron chi connectivity index (χ1n) is 8.58. The van der Waals surface area contributed by atoms with Crippen molar-refractivity contribution in [2.75, 3.05) is 11.5 Å². The maximum absolute atomic E-state index is 14.0. The lowest BCUT2D eigenvalue weighted by molar-refractivity contribution is -0.288.